The zero-order valence-corrected chi connectivity index (χ0v) is 12.5. The van der Waals surface area contributed by atoms with Gasteiger partial charge in [-0.1, -0.05) is 18.2 Å². The van der Waals surface area contributed by atoms with Gasteiger partial charge in [-0.2, -0.15) is 10.4 Å². The molecular weight excluding hydrogens is 302 g/mol. The number of fused-ring (bicyclic) bond motifs is 1. The van der Waals surface area contributed by atoms with Crippen LogP contribution in [0.5, 0.6) is 11.6 Å². The second-order valence-corrected chi connectivity index (χ2v) is 5.03. The third kappa shape index (κ3) is 2.44. The first-order valence-electron chi connectivity index (χ1n) is 7.27. The highest BCUT2D eigenvalue weighted by atomic mass is 16.5. The summed E-state index contributed by atoms with van der Waals surface area (Å²) in [4.78, 5) is 7.96. The van der Waals surface area contributed by atoms with Crippen molar-refractivity contribution < 1.29 is 4.74 Å². The van der Waals surface area contributed by atoms with Crippen molar-refractivity contribution in [3.8, 4) is 23.4 Å². The fraction of sp³-hybridized carbons (Fsp3) is 0. The van der Waals surface area contributed by atoms with Crippen molar-refractivity contribution in [3.63, 3.8) is 0 Å². The van der Waals surface area contributed by atoms with Crippen LogP contribution >= 0.6 is 0 Å². The van der Waals surface area contributed by atoms with Gasteiger partial charge in [0.25, 0.3) is 5.88 Å². The van der Waals surface area contributed by atoms with Crippen LogP contribution in [-0.2, 0) is 0 Å². The Kier molecular flexibility index (Phi) is 3.37. The summed E-state index contributed by atoms with van der Waals surface area (Å²) in [6, 6.07) is 17.4. The lowest BCUT2D eigenvalue weighted by Crippen LogP contribution is -1.97. The van der Waals surface area contributed by atoms with Gasteiger partial charge in [0.2, 0.25) is 5.69 Å². The normalized spacial score (nSPS) is 10.5. The molecular formula is C18H11N5O. The quantitative estimate of drug-likeness (QED) is 0.578. The van der Waals surface area contributed by atoms with E-state index in [9.17, 15) is 0 Å². The number of nitrogens with zero attached hydrogens (tertiary/aromatic N) is 5. The summed E-state index contributed by atoms with van der Waals surface area (Å²) < 4.78 is 7.50. The standard InChI is InChI=1S/C18H11N5O/c19-11-16-18(21-10-9-20-16)24-15-7-5-14(6-8-15)23-17-4-2-1-3-13(17)12-22-23/h1-10,12H. The van der Waals surface area contributed by atoms with Gasteiger partial charge in [-0.15, -0.1) is 0 Å². The molecule has 24 heavy (non-hydrogen) atoms. The van der Waals surface area contributed by atoms with Gasteiger partial charge in [0.05, 0.1) is 17.4 Å². The molecule has 6 heteroatoms. The molecule has 2 aromatic carbocycles. The summed E-state index contributed by atoms with van der Waals surface area (Å²) in [5.74, 6) is 0.768. The molecule has 0 aliphatic carbocycles. The Bertz CT molecular complexity index is 1050. The van der Waals surface area contributed by atoms with Crippen LogP contribution in [0.1, 0.15) is 5.69 Å². The van der Waals surface area contributed by atoms with Gasteiger partial charge in [0, 0.05) is 17.8 Å². The number of benzene rings is 2. The van der Waals surface area contributed by atoms with Crippen LogP contribution in [-0.4, -0.2) is 19.7 Å². The Labute approximate surface area is 137 Å². The van der Waals surface area contributed by atoms with E-state index in [0.29, 0.717) is 5.75 Å². The van der Waals surface area contributed by atoms with E-state index in [1.54, 1.807) is 0 Å². The van der Waals surface area contributed by atoms with Crippen molar-refractivity contribution in [2.45, 2.75) is 0 Å². The molecule has 0 unspecified atom stereocenters. The second-order valence-electron chi connectivity index (χ2n) is 5.03. The maximum absolute atomic E-state index is 9.02. The van der Waals surface area contributed by atoms with Crippen LogP contribution in [0.25, 0.3) is 16.6 Å². The lowest BCUT2D eigenvalue weighted by molar-refractivity contribution is 0.458. The van der Waals surface area contributed by atoms with E-state index in [-0.39, 0.29) is 11.6 Å². The van der Waals surface area contributed by atoms with E-state index in [0.717, 1.165) is 16.6 Å². The van der Waals surface area contributed by atoms with Crippen molar-refractivity contribution in [2.24, 2.45) is 0 Å². The van der Waals surface area contributed by atoms with Gasteiger partial charge in [-0.3, -0.25) is 0 Å². The largest absolute Gasteiger partial charge is 0.436 e. The minimum absolute atomic E-state index is 0.152. The molecule has 0 aliphatic heterocycles. The van der Waals surface area contributed by atoms with Crippen molar-refractivity contribution >= 4 is 10.9 Å². The molecule has 0 aliphatic rings. The van der Waals surface area contributed by atoms with Gasteiger partial charge >= 0.3 is 0 Å². The van der Waals surface area contributed by atoms with E-state index in [1.807, 2.05) is 65.5 Å². The summed E-state index contributed by atoms with van der Waals surface area (Å²) in [5, 5.41) is 14.5. The minimum Gasteiger partial charge on any atom is -0.436 e. The van der Waals surface area contributed by atoms with Crippen molar-refractivity contribution in [2.75, 3.05) is 0 Å². The topological polar surface area (TPSA) is 76.6 Å². The smallest absolute Gasteiger partial charge is 0.256 e. The number of para-hydroxylation sites is 1. The molecule has 0 saturated heterocycles. The van der Waals surface area contributed by atoms with Crippen LogP contribution in [0.4, 0.5) is 0 Å². The van der Waals surface area contributed by atoms with Gasteiger partial charge in [-0.25, -0.2) is 14.6 Å². The summed E-state index contributed by atoms with van der Waals surface area (Å²) >= 11 is 0. The predicted molar refractivity (Wildman–Crippen MR) is 87.9 cm³/mol. The first-order valence-corrected chi connectivity index (χ1v) is 7.27. The molecule has 6 nitrogen and oxygen atoms in total. The molecule has 114 valence electrons. The molecule has 4 rings (SSSR count). The number of hydrogen-bond donors (Lipinski definition) is 0. The van der Waals surface area contributed by atoms with Crippen LogP contribution in [0.2, 0.25) is 0 Å². The lowest BCUT2D eigenvalue weighted by atomic mass is 10.2. The highest BCUT2D eigenvalue weighted by Gasteiger charge is 2.08. The summed E-state index contributed by atoms with van der Waals surface area (Å²) in [5.41, 5.74) is 2.11. The number of aromatic nitrogens is 4. The van der Waals surface area contributed by atoms with Gasteiger partial charge in [0.1, 0.15) is 11.8 Å². The molecule has 0 saturated carbocycles. The molecule has 0 fully saturated rings. The van der Waals surface area contributed by atoms with Crippen molar-refractivity contribution in [1.29, 1.82) is 5.26 Å². The number of ether oxygens (including phenoxy) is 1. The number of hydrogen-bond acceptors (Lipinski definition) is 5. The zero-order chi connectivity index (χ0) is 16.4. The maximum atomic E-state index is 9.02. The lowest BCUT2D eigenvalue weighted by Gasteiger charge is -2.07. The zero-order valence-electron chi connectivity index (χ0n) is 12.5. The van der Waals surface area contributed by atoms with Crippen molar-refractivity contribution in [1.82, 2.24) is 19.7 Å². The average molecular weight is 313 g/mol. The van der Waals surface area contributed by atoms with E-state index >= 15 is 0 Å². The molecule has 0 amide bonds. The van der Waals surface area contributed by atoms with Crippen LogP contribution in [0.15, 0.2) is 67.1 Å². The van der Waals surface area contributed by atoms with E-state index in [4.69, 9.17) is 10.00 Å². The van der Waals surface area contributed by atoms with Crippen LogP contribution in [0.3, 0.4) is 0 Å². The third-order valence-electron chi connectivity index (χ3n) is 3.54. The number of rotatable bonds is 3. The van der Waals surface area contributed by atoms with E-state index < -0.39 is 0 Å². The third-order valence-corrected chi connectivity index (χ3v) is 3.54. The van der Waals surface area contributed by atoms with Crippen LogP contribution in [0, 0.1) is 11.3 Å². The fourth-order valence-electron chi connectivity index (χ4n) is 2.42. The Morgan fingerprint density at radius 1 is 0.958 bits per heavy atom. The fourth-order valence-corrected chi connectivity index (χ4v) is 2.42. The molecule has 0 atom stereocenters. The Morgan fingerprint density at radius 3 is 2.58 bits per heavy atom. The van der Waals surface area contributed by atoms with Gasteiger partial charge in [-0.05, 0) is 30.3 Å². The summed E-state index contributed by atoms with van der Waals surface area (Å²) in [6.45, 7) is 0. The predicted octanol–water partition coefficient (Wildman–Crippen LogP) is 3.48. The van der Waals surface area contributed by atoms with E-state index in [1.165, 1.54) is 12.4 Å². The molecule has 0 N–H and O–H groups in total. The highest BCUT2D eigenvalue weighted by molar-refractivity contribution is 5.80. The second kappa shape index (κ2) is 5.82. The van der Waals surface area contributed by atoms with Gasteiger partial charge in [0.15, 0.2) is 0 Å². The molecule has 0 bridgehead atoms. The van der Waals surface area contributed by atoms with Crippen molar-refractivity contribution in [3.05, 3.63) is 72.8 Å². The molecule has 2 heterocycles. The average Bonchev–Trinajstić information content (AvgIpc) is 3.07. The summed E-state index contributed by atoms with van der Waals surface area (Å²) in [7, 11) is 0. The first-order chi connectivity index (χ1) is 11.8. The maximum Gasteiger partial charge on any atom is 0.256 e. The Morgan fingerprint density at radius 2 is 1.75 bits per heavy atom. The monoisotopic (exact) mass is 313 g/mol. The molecule has 0 spiro atoms. The highest BCUT2D eigenvalue weighted by Crippen LogP contribution is 2.24. The Hall–Kier alpha value is -3.72. The molecule has 0 radical (unpaired) electrons. The summed E-state index contributed by atoms with van der Waals surface area (Å²) in [6.07, 6.45) is 4.77. The molecule has 4 aromatic rings. The minimum atomic E-state index is 0.152. The molecule has 2 aromatic heterocycles. The van der Waals surface area contributed by atoms with E-state index in [2.05, 4.69) is 15.1 Å². The Balaban J connectivity index is 1.65. The SMILES string of the molecule is N#Cc1nccnc1Oc1ccc(-n2ncc3ccccc32)cc1. The number of nitriles is 1. The first kappa shape index (κ1) is 13.9. The van der Waals surface area contributed by atoms with Gasteiger partial charge < -0.3 is 4.74 Å². The van der Waals surface area contributed by atoms with Crippen LogP contribution < -0.4 is 4.74 Å².